The van der Waals surface area contributed by atoms with Gasteiger partial charge in [0, 0.05) is 44.7 Å². The minimum Gasteiger partial charge on any atom is -0.392 e. The van der Waals surface area contributed by atoms with Gasteiger partial charge >= 0.3 is 0 Å². The van der Waals surface area contributed by atoms with Gasteiger partial charge in [-0.25, -0.2) is 5.32 Å². The maximum Gasteiger partial charge on any atom is 0.134 e. The zero-order valence-corrected chi connectivity index (χ0v) is 7.07. The van der Waals surface area contributed by atoms with Crippen molar-refractivity contribution in [2.75, 3.05) is 19.6 Å². The highest BCUT2D eigenvalue weighted by Gasteiger charge is 2.21. The quantitative estimate of drug-likeness (QED) is 0.617. The van der Waals surface area contributed by atoms with Gasteiger partial charge in [0.15, 0.2) is 0 Å². The van der Waals surface area contributed by atoms with Gasteiger partial charge in [-0.2, -0.15) is 0 Å². The first kappa shape index (κ1) is 8.01. The molecule has 67 valence electrons. The Morgan fingerprint density at radius 3 is 3.25 bits per heavy atom. The highest BCUT2D eigenvalue weighted by atomic mass is 16.6. The zero-order chi connectivity index (χ0) is 8.23. The fourth-order valence-electron chi connectivity index (χ4n) is 1.59. The van der Waals surface area contributed by atoms with Crippen molar-refractivity contribution in [3.8, 4) is 0 Å². The number of nitrogens with zero attached hydrogens (tertiary/aromatic N) is 2. The van der Waals surface area contributed by atoms with Crippen molar-refractivity contribution in [2.24, 2.45) is 5.16 Å². The molecule has 0 aliphatic carbocycles. The van der Waals surface area contributed by atoms with Crippen molar-refractivity contribution in [3.63, 3.8) is 0 Å². The van der Waals surface area contributed by atoms with Crippen LogP contribution in [0.3, 0.4) is 0 Å². The van der Waals surface area contributed by atoms with E-state index in [-0.39, 0.29) is 6.10 Å². The minimum absolute atomic E-state index is 0.277. The molecule has 0 aromatic rings. The van der Waals surface area contributed by atoms with Gasteiger partial charge in [0.1, 0.15) is 6.10 Å². The summed E-state index contributed by atoms with van der Waals surface area (Å²) in [4.78, 5) is 5.14. The third kappa shape index (κ3) is 1.95. The van der Waals surface area contributed by atoms with E-state index >= 15 is 0 Å². The summed E-state index contributed by atoms with van der Waals surface area (Å²) in [6, 6.07) is 0.436. The predicted octanol–water partition coefficient (Wildman–Crippen LogP) is -0.273. The molecule has 4 nitrogen and oxygen atoms in total. The van der Waals surface area contributed by atoms with E-state index in [2.05, 4.69) is 15.8 Å². The van der Waals surface area contributed by atoms with Crippen LogP contribution >= 0.6 is 0 Å². The molecule has 1 fully saturated rings. The van der Waals surface area contributed by atoms with Crippen molar-refractivity contribution in [1.82, 2.24) is 10.6 Å². The molecule has 2 rings (SSSR count). The zero-order valence-electron chi connectivity index (χ0n) is 7.07. The molecule has 0 amide bonds. The summed E-state index contributed by atoms with van der Waals surface area (Å²) in [5.74, 6) is 0. The summed E-state index contributed by atoms with van der Waals surface area (Å²) in [5, 5.41) is 11.6. The second-order valence-electron chi connectivity index (χ2n) is 3.25. The second kappa shape index (κ2) is 3.87. The van der Waals surface area contributed by atoms with Crippen LogP contribution in [-0.4, -0.2) is 38.0 Å². The number of hydrogen-bond donors (Lipinski definition) is 1. The maximum atomic E-state index is 5.14. The summed E-state index contributed by atoms with van der Waals surface area (Å²) >= 11 is 0. The Morgan fingerprint density at radius 2 is 2.58 bits per heavy atom. The number of rotatable bonds is 2. The van der Waals surface area contributed by atoms with Crippen LogP contribution in [0.15, 0.2) is 5.16 Å². The lowest BCUT2D eigenvalue weighted by Crippen LogP contribution is -2.45. The van der Waals surface area contributed by atoms with E-state index in [1.165, 1.54) is 0 Å². The van der Waals surface area contributed by atoms with E-state index < -0.39 is 0 Å². The van der Waals surface area contributed by atoms with E-state index in [0.29, 0.717) is 6.04 Å². The summed E-state index contributed by atoms with van der Waals surface area (Å²) in [6.45, 7) is 2.97. The second-order valence-corrected chi connectivity index (χ2v) is 3.25. The van der Waals surface area contributed by atoms with Crippen LogP contribution in [0.5, 0.6) is 0 Å². The summed E-state index contributed by atoms with van der Waals surface area (Å²) < 4.78 is 0. The Bertz CT molecular complexity index is 158. The molecular weight excluding hydrogens is 154 g/mol. The molecule has 0 spiro atoms. The van der Waals surface area contributed by atoms with Gasteiger partial charge in [0.2, 0.25) is 0 Å². The van der Waals surface area contributed by atoms with Crippen LogP contribution in [0.1, 0.15) is 12.8 Å². The van der Waals surface area contributed by atoms with Crippen LogP contribution in [0, 0.1) is 0 Å². The Morgan fingerprint density at radius 1 is 1.58 bits per heavy atom. The lowest BCUT2D eigenvalue weighted by molar-refractivity contribution is 0.0688. The fourth-order valence-corrected chi connectivity index (χ4v) is 1.59. The third-order valence-corrected chi connectivity index (χ3v) is 2.24. The normalized spacial score (nSPS) is 35.0. The Balaban J connectivity index is 1.70. The molecule has 2 aliphatic rings. The number of nitrogens with one attached hydrogen (secondary N) is 1. The molecule has 2 atom stereocenters. The van der Waals surface area contributed by atoms with Gasteiger partial charge in [0.05, 0.1) is 0 Å². The molecule has 12 heavy (non-hydrogen) atoms. The van der Waals surface area contributed by atoms with Crippen LogP contribution in [0.25, 0.3) is 0 Å². The molecule has 0 saturated carbocycles. The van der Waals surface area contributed by atoms with Gasteiger partial charge in [0.25, 0.3) is 0 Å². The van der Waals surface area contributed by atoms with E-state index in [1.54, 1.807) is 0 Å². The van der Waals surface area contributed by atoms with Crippen LogP contribution < -0.4 is 10.6 Å². The molecule has 1 saturated heterocycles. The van der Waals surface area contributed by atoms with Crippen molar-refractivity contribution in [1.29, 1.82) is 0 Å². The first-order valence-corrected chi connectivity index (χ1v) is 4.50. The van der Waals surface area contributed by atoms with Crippen molar-refractivity contribution in [3.05, 3.63) is 0 Å². The minimum atomic E-state index is 0.277. The lowest BCUT2D eigenvalue weighted by atomic mass is 10.1. The van der Waals surface area contributed by atoms with Crippen molar-refractivity contribution in [2.45, 2.75) is 25.0 Å². The largest absolute Gasteiger partial charge is 0.392 e. The van der Waals surface area contributed by atoms with Crippen LogP contribution in [0.2, 0.25) is 0 Å². The standard InChI is InChI=1S/C8H14N3O/c1-2-11-12-8(1)5-7-6-9-3-4-10-7/h2,7-9H,1,3-6H2. The van der Waals surface area contributed by atoms with Gasteiger partial charge in [-0.3, -0.25) is 0 Å². The van der Waals surface area contributed by atoms with Crippen molar-refractivity contribution < 1.29 is 4.84 Å². The van der Waals surface area contributed by atoms with Crippen LogP contribution in [-0.2, 0) is 4.84 Å². The highest BCUT2D eigenvalue weighted by molar-refractivity contribution is 5.58. The molecule has 2 aliphatic heterocycles. The van der Waals surface area contributed by atoms with Gasteiger partial charge in [-0.15, -0.1) is 0 Å². The van der Waals surface area contributed by atoms with E-state index in [0.717, 1.165) is 32.5 Å². The molecular formula is C8H14N3O. The maximum absolute atomic E-state index is 5.14. The van der Waals surface area contributed by atoms with E-state index in [4.69, 9.17) is 4.84 Å². The average Bonchev–Trinajstić information content (AvgIpc) is 2.59. The van der Waals surface area contributed by atoms with Crippen LogP contribution in [0.4, 0.5) is 0 Å². The molecule has 2 unspecified atom stereocenters. The first-order valence-electron chi connectivity index (χ1n) is 4.50. The van der Waals surface area contributed by atoms with Gasteiger partial charge in [-0.1, -0.05) is 5.16 Å². The van der Waals surface area contributed by atoms with E-state index in [9.17, 15) is 0 Å². The molecule has 2 heterocycles. The Labute approximate surface area is 72.3 Å². The predicted molar refractivity (Wildman–Crippen MR) is 46.3 cm³/mol. The van der Waals surface area contributed by atoms with Gasteiger partial charge < -0.3 is 10.2 Å². The molecule has 1 N–H and O–H groups in total. The summed E-state index contributed by atoms with van der Waals surface area (Å²) in [5.41, 5.74) is 0. The van der Waals surface area contributed by atoms with Gasteiger partial charge in [-0.05, 0) is 0 Å². The summed E-state index contributed by atoms with van der Waals surface area (Å²) in [7, 11) is 0. The molecule has 0 aromatic carbocycles. The lowest BCUT2D eigenvalue weighted by Gasteiger charge is -2.24. The average molecular weight is 168 g/mol. The Hall–Kier alpha value is -0.610. The Kier molecular flexibility index (Phi) is 2.58. The molecule has 4 heteroatoms. The SMILES string of the molecule is C1=NOC(CC2CNCC[N]2)C1. The number of piperazine rings is 1. The molecule has 1 radical (unpaired) electrons. The van der Waals surface area contributed by atoms with E-state index in [1.807, 2.05) is 6.21 Å². The number of hydrogen-bond acceptors (Lipinski definition) is 3. The summed E-state index contributed by atoms with van der Waals surface area (Å²) in [6.07, 6.45) is 4.07. The highest BCUT2D eigenvalue weighted by Crippen LogP contribution is 2.12. The monoisotopic (exact) mass is 168 g/mol. The molecule has 0 aromatic heterocycles. The smallest absolute Gasteiger partial charge is 0.134 e. The van der Waals surface area contributed by atoms with Crippen molar-refractivity contribution >= 4 is 6.21 Å². The first-order chi connectivity index (χ1) is 5.95. The topological polar surface area (TPSA) is 47.7 Å². The third-order valence-electron chi connectivity index (χ3n) is 2.24. The molecule has 0 bridgehead atoms. The fraction of sp³-hybridized carbons (Fsp3) is 0.875. The number of oxime groups is 1.